The lowest BCUT2D eigenvalue weighted by atomic mass is 9.79. The van der Waals surface area contributed by atoms with Crippen molar-refractivity contribution in [1.82, 2.24) is 15.1 Å². The number of hydrogen-bond donors (Lipinski definition) is 2. The number of ether oxygens (including phenoxy) is 2. The Labute approximate surface area is 320 Å². The van der Waals surface area contributed by atoms with Crippen molar-refractivity contribution in [3.8, 4) is 0 Å². The minimum Gasteiger partial charge on any atom is -0.388 e. The number of aliphatic hydroxyl groups is 1. The molecule has 2 fully saturated rings. The van der Waals surface area contributed by atoms with Gasteiger partial charge in [0.25, 0.3) is 0 Å². The van der Waals surface area contributed by atoms with Crippen LogP contribution in [0.15, 0.2) is 30.3 Å². The number of likely N-dealkylation sites (tertiary alicyclic amines) is 1. The fourth-order valence-electron chi connectivity index (χ4n) is 9.12. The van der Waals surface area contributed by atoms with Gasteiger partial charge in [0.05, 0.1) is 42.9 Å². The van der Waals surface area contributed by atoms with E-state index < -0.39 is 30.1 Å². The van der Waals surface area contributed by atoms with Gasteiger partial charge in [0.1, 0.15) is 5.78 Å². The summed E-state index contributed by atoms with van der Waals surface area (Å²) in [4.78, 5) is 59.4. The highest BCUT2D eigenvalue weighted by Gasteiger charge is 2.44. The number of carbonyl (C=O) groups excluding carboxylic acids is 4. The predicted molar refractivity (Wildman–Crippen MR) is 209 cm³/mol. The first-order valence-corrected chi connectivity index (χ1v) is 20.3. The smallest absolute Gasteiger partial charge is 0.226 e. The summed E-state index contributed by atoms with van der Waals surface area (Å²) < 4.78 is 12.2. The molecule has 10 heteroatoms. The van der Waals surface area contributed by atoms with Crippen molar-refractivity contribution in [3.05, 3.63) is 35.9 Å². The maximum atomic E-state index is 14.4. The molecule has 53 heavy (non-hydrogen) atoms. The SMILES string of the molecule is CN[C@H](C(=O)C[C@H](C(=O)N(C)[C@@H](C1CCCCC1)[C@@H](CC(=O)N1CCC[C@H]1[C@H](OC)[C@@H](C)C(=O)C[C@H](C)[C@@H](O)c1ccccc1)OC)C(C)C)C(C)C. The molecule has 2 aliphatic rings. The standard InChI is InChI=1S/C43H71N3O7/c1-27(2)33(25-36(48)39(44-7)28(3)4)43(51)45(8)40(31-18-13-11-14-19-31)37(52-9)26-38(49)46-23-17-22-34(46)42(53-10)30(6)35(47)24-29(5)41(50)32-20-15-12-16-21-32/h12,15-16,20-21,27-31,33-34,37,39-42,44,50H,11,13-14,17-19,22-26H2,1-10H3/t29-,30-,33-,34-,37+,39-,40-,41+,42+/m0/s1. The first-order chi connectivity index (χ1) is 25.2. The van der Waals surface area contributed by atoms with Crippen molar-refractivity contribution in [2.45, 2.75) is 142 Å². The average molecular weight is 742 g/mol. The Hall–Kier alpha value is -2.66. The number of Topliss-reactive ketones (excluding diaryl/α,β-unsaturated/α-hetero) is 2. The lowest BCUT2D eigenvalue weighted by Crippen LogP contribution is -2.55. The predicted octanol–water partition coefficient (Wildman–Crippen LogP) is 6.25. The highest BCUT2D eigenvalue weighted by Crippen LogP contribution is 2.36. The maximum absolute atomic E-state index is 14.4. The molecule has 1 aliphatic carbocycles. The van der Waals surface area contributed by atoms with Gasteiger partial charge in [-0.3, -0.25) is 19.2 Å². The molecule has 0 unspecified atom stereocenters. The Morgan fingerprint density at radius 1 is 0.849 bits per heavy atom. The second-order valence-electron chi connectivity index (χ2n) is 16.6. The normalized spacial score (nSPS) is 21.5. The lowest BCUT2D eigenvalue weighted by Gasteiger charge is -2.43. The van der Waals surface area contributed by atoms with Crippen LogP contribution < -0.4 is 5.32 Å². The van der Waals surface area contributed by atoms with E-state index in [9.17, 15) is 24.3 Å². The molecule has 9 atom stereocenters. The number of ketones is 2. The van der Waals surface area contributed by atoms with Gasteiger partial charge < -0.3 is 29.7 Å². The van der Waals surface area contributed by atoms with Gasteiger partial charge in [-0.15, -0.1) is 0 Å². The van der Waals surface area contributed by atoms with E-state index in [2.05, 4.69) is 5.32 Å². The van der Waals surface area contributed by atoms with E-state index >= 15 is 0 Å². The highest BCUT2D eigenvalue weighted by atomic mass is 16.5. The van der Waals surface area contributed by atoms with Crippen LogP contribution in [0.2, 0.25) is 0 Å². The number of nitrogens with one attached hydrogen (secondary N) is 1. The number of methoxy groups -OCH3 is 2. The van der Waals surface area contributed by atoms with Gasteiger partial charge in [0.15, 0.2) is 5.78 Å². The fourth-order valence-corrected chi connectivity index (χ4v) is 9.12. The van der Waals surface area contributed by atoms with Gasteiger partial charge in [-0.2, -0.15) is 0 Å². The van der Waals surface area contributed by atoms with Crippen LogP contribution in [0.1, 0.15) is 117 Å². The van der Waals surface area contributed by atoms with Crippen molar-refractivity contribution >= 4 is 23.4 Å². The second kappa shape index (κ2) is 21.4. The van der Waals surface area contributed by atoms with E-state index in [1.54, 1.807) is 21.3 Å². The molecule has 2 N–H and O–H groups in total. The van der Waals surface area contributed by atoms with Crippen LogP contribution in [0.5, 0.6) is 0 Å². The summed E-state index contributed by atoms with van der Waals surface area (Å²) >= 11 is 0. The van der Waals surface area contributed by atoms with Crippen LogP contribution in [-0.4, -0.2) is 103 Å². The molecule has 1 aromatic carbocycles. The number of aliphatic hydroxyl groups excluding tert-OH is 1. The second-order valence-corrected chi connectivity index (χ2v) is 16.6. The molecule has 0 radical (unpaired) electrons. The molecule has 3 rings (SSSR count). The van der Waals surface area contributed by atoms with Crippen LogP contribution in [-0.2, 0) is 28.7 Å². The van der Waals surface area contributed by atoms with Crippen molar-refractivity contribution in [3.63, 3.8) is 0 Å². The van der Waals surface area contributed by atoms with Gasteiger partial charge in [0.2, 0.25) is 11.8 Å². The molecule has 2 amide bonds. The zero-order valence-electron chi connectivity index (χ0n) is 34.4. The average Bonchev–Trinajstić information content (AvgIpc) is 3.63. The Balaban J connectivity index is 1.79. The number of nitrogens with zero attached hydrogens (tertiary/aromatic N) is 2. The number of carbonyl (C=O) groups is 4. The van der Waals surface area contributed by atoms with Gasteiger partial charge in [-0.1, -0.05) is 91.1 Å². The van der Waals surface area contributed by atoms with Crippen LogP contribution >= 0.6 is 0 Å². The summed E-state index contributed by atoms with van der Waals surface area (Å²) in [5, 5.41) is 14.1. The molecule has 1 aromatic rings. The van der Waals surface area contributed by atoms with E-state index in [1.165, 1.54) is 0 Å². The van der Waals surface area contributed by atoms with Crippen LogP contribution in [0.3, 0.4) is 0 Å². The summed E-state index contributed by atoms with van der Waals surface area (Å²) in [6.45, 7) is 12.3. The van der Waals surface area contributed by atoms with Gasteiger partial charge in [-0.05, 0) is 62.0 Å². The quantitative estimate of drug-likeness (QED) is 0.152. The fraction of sp³-hybridized carbons (Fsp3) is 0.767. The zero-order valence-corrected chi connectivity index (χ0v) is 34.4. The first-order valence-electron chi connectivity index (χ1n) is 20.3. The van der Waals surface area contributed by atoms with Crippen molar-refractivity contribution in [2.24, 2.45) is 35.5 Å². The number of hydrogen-bond acceptors (Lipinski definition) is 8. The Kier molecular flexibility index (Phi) is 18.1. The van der Waals surface area contributed by atoms with E-state index in [-0.39, 0.29) is 84.4 Å². The van der Waals surface area contributed by atoms with Gasteiger partial charge in [0, 0.05) is 52.5 Å². The third kappa shape index (κ3) is 11.7. The largest absolute Gasteiger partial charge is 0.388 e. The minimum atomic E-state index is -0.757. The van der Waals surface area contributed by atoms with Crippen LogP contribution in [0.25, 0.3) is 0 Å². The van der Waals surface area contributed by atoms with E-state index in [0.29, 0.717) is 6.54 Å². The van der Waals surface area contributed by atoms with Gasteiger partial charge in [-0.25, -0.2) is 0 Å². The van der Waals surface area contributed by atoms with Gasteiger partial charge >= 0.3 is 0 Å². The third-order valence-electron chi connectivity index (χ3n) is 12.3. The molecular weight excluding hydrogens is 670 g/mol. The molecule has 0 spiro atoms. The molecular formula is C43H71N3O7. The summed E-state index contributed by atoms with van der Waals surface area (Å²) in [5.74, 6) is -1.11. The van der Waals surface area contributed by atoms with E-state index in [1.807, 2.05) is 88.7 Å². The van der Waals surface area contributed by atoms with Crippen molar-refractivity contribution in [1.29, 1.82) is 0 Å². The highest BCUT2D eigenvalue weighted by molar-refractivity contribution is 5.90. The summed E-state index contributed by atoms with van der Waals surface area (Å²) in [7, 11) is 6.85. The number of rotatable bonds is 21. The summed E-state index contributed by atoms with van der Waals surface area (Å²) in [6.07, 6.45) is 5.37. The topological polar surface area (TPSA) is 125 Å². The number of benzene rings is 1. The zero-order chi connectivity index (χ0) is 39.4. The molecule has 0 aromatic heterocycles. The van der Waals surface area contributed by atoms with Crippen LogP contribution in [0, 0.1) is 35.5 Å². The molecule has 0 bridgehead atoms. The number of likely N-dealkylation sites (N-methyl/N-ethyl adjacent to an activating group) is 2. The summed E-state index contributed by atoms with van der Waals surface area (Å²) in [5.41, 5.74) is 0.782. The monoisotopic (exact) mass is 742 g/mol. The molecule has 1 saturated heterocycles. The van der Waals surface area contributed by atoms with Crippen LogP contribution in [0.4, 0.5) is 0 Å². The molecule has 1 saturated carbocycles. The van der Waals surface area contributed by atoms with Crippen molar-refractivity contribution < 1.29 is 33.8 Å². The molecule has 1 heterocycles. The maximum Gasteiger partial charge on any atom is 0.226 e. The van der Waals surface area contributed by atoms with E-state index in [0.717, 1.165) is 50.5 Å². The molecule has 1 aliphatic heterocycles. The Morgan fingerprint density at radius 2 is 1.49 bits per heavy atom. The Bertz CT molecular complexity index is 1300. The molecule has 10 nitrogen and oxygen atoms in total. The first kappa shape index (κ1) is 44.7. The minimum absolute atomic E-state index is 0.00137. The van der Waals surface area contributed by atoms with E-state index in [4.69, 9.17) is 9.47 Å². The summed E-state index contributed by atoms with van der Waals surface area (Å²) in [6, 6.07) is 8.47. The Morgan fingerprint density at radius 3 is 2.04 bits per heavy atom. The third-order valence-corrected chi connectivity index (χ3v) is 12.3. The number of amides is 2. The lowest BCUT2D eigenvalue weighted by molar-refractivity contribution is -0.149. The molecule has 300 valence electrons. The van der Waals surface area contributed by atoms with Crippen molar-refractivity contribution in [2.75, 3.05) is 34.9 Å².